The predicted molar refractivity (Wildman–Crippen MR) is 81.2 cm³/mol. The maximum absolute atomic E-state index is 4.29. The van der Waals surface area contributed by atoms with Gasteiger partial charge in [-0.3, -0.25) is 9.80 Å². The van der Waals surface area contributed by atoms with E-state index in [2.05, 4.69) is 47.1 Å². The molecule has 102 valence electrons. The summed E-state index contributed by atoms with van der Waals surface area (Å²) in [5.41, 5.74) is 0. The summed E-state index contributed by atoms with van der Waals surface area (Å²) in [7, 11) is 0. The lowest BCUT2D eigenvalue weighted by molar-refractivity contribution is 0.121. The van der Waals surface area contributed by atoms with E-state index >= 15 is 0 Å². The minimum absolute atomic E-state index is 0.934. The van der Waals surface area contributed by atoms with Crippen LogP contribution in [0.5, 0.6) is 0 Å². The second kappa shape index (κ2) is 6.17. The van der Waals surface area contributed by atoms with E-state index in [-0.39, 0.29) is 0 Å². The molecule has 1 fully saturated rings. The van der Waals surface area contributed by atoms with E-state index < -0.39 is 0 Å². The Morgan fingerprint density at radius 3 is 2.53 bits per heavy atom. The van der Waals surface area contributed by atoms with Gasteiger partial charge in [0.2, 0.25) is 0 Å². The lowest BCUT2D eigenvalue weighted by Gasteiger charge is -2.34. The van der Waals surface area contributed by atoms with Crippen molar-refractivity contribution in [3.05, 3.63) is 39.0 Å². The van der Waals surface area contributed by atoms with Gasteiger partial charge in [-0.25, -0.2) is 4.98 Å². The highest BCUT2D eigenvalue weighted by Crippen LogP contribution is 2.24. The van der Waals surface area contributed by atoms with Gasteiger partial charge in [0.25, 0.3) is 0 Å². The van der Waals surface area contributed by atoms with Crippen LogP contribution in [0.25, 0.3) is 0 Å². The third-order valence-corrected chi connectivity index (χ3v) is 5.36. The molecule has 2 aromatic rings. The molecule has 0 aliphatic carbocycles. The van der Waals surface area contributed by atoms with Crippen molar-refractivity contribution < 1.29 is 0 Å². The van der Waals surface area contributed by atoms with Gasteiger partial charge in [0, 0.05) is 54.5 Å². The molecule has 0 aromatic carbocycles. The summed E-state index contributed by atoms with van der Waals surface area (Å²) in [5.74, 6) is 1.06. The van der Waals surface area contributed by atoms with Crippen LogP contribution in [0.3, 0.4) is 0 Å². The Morgan fingerprint density at radius 2 is 1.95 bits per heavy atom. The van der Waals surface area contributed by atoms with Gasteiger partial charge in [-0.05, 0) is 27.4 Å². The first-order valence-electron chi connectivity index (χ1n) is 6.46. The van der Waals surface area contributed by atoms with Crippen molar-refractivity contribution in [1.82, 2.24) is 19.8 Å². The van der Waals surface area contributed by atoms with Gasteiger partial charge in [-0.1, -0.05) is 0 Å². The number of nitrogens with zero attached hydrogens (tertiary/aromatic N) is 3. The number of rotatable bonds is 4. The van der Waals surface area contributed by atoms with Crippen LogP contribution < -0.4 is 0 Å². The number of piperazine rings is 1. The number of H-pyrrole nitrogens is 1. The molecule has 1 saturated heterocycles. The van der Waals surface area contributed by atoms with Gasteiger partial charge in [0.05, 0.1) is 6.54 Å². The van der Waals surface area contributed by atoms with E-state index in [1.807, 2.05) is 23.7 Å². The van der Waals surface area contributed by atoms with Gasteiger partial charge in [-0.15, -0.1) is 11.3 Å². The Labute approximate surface area is 125 Å². The second-order valence-corrected chi connectivity index (χ2v) is 6.63. The number of hydrogen-bond acceptors (Lipinski definition) is 4. The Kier molecular flexibility index (Phi) is 4.32. The van der Waals surface area contributed by atoms with E-state index in [1.54, 1.807) is 0 Å². The number of thiophene rings is 1. The van der Waals surface area contributed by atoms with E-state index in [9.17, 15) is 0 Å². The minimum Gasteiger partial charge on any atom is -0.348 e. The maximum Gasteiger partial charge on any atom is 0.120 e. The summed E-state index contributed by atoms with van der Waals surface area (Å²) in [6, 6.07) is 2.13. The number of aromatic amines is 1. The van der Waals surface area contributed by atoms with Crippen LogP contribution in [0.2, 0.25) is 0 Å². The van der Waals surface area contributed by atoms with Crippen molar-refractivity contribution >= 4 is 27.3 Å². The molecule has 19 heavy (non-hydrogen) atoms. The fourth-order valence-electron chi connectivity index (χ4n) is 2.34. The van der Waals surface area contributed by atoms with E-state index in [4.69, 9.17) is 0 Å². The van der Waals surface area contributed by atoms with Crippen LogP contribution in [0.15, 0.2) is 28.3 Å². The third kappa shape index (κ3) is 3.45. The zero-order chi connectivity index (χ0) is 13.1. The van der Waals surface area contributed by atoms with Crippen LogP contribution in [0.1, 0.15) is 10.7 Å². The van der Waals surface area contributed by atoms with Crippen LogP contribution in [-0.2, 0) is 13.1 Å². The molecule has 0 spiro atoms. The highest BCUT2D eigenvalue weighted by molar-refractivity contribution is 9.10. The molecule has 1 aliphatic rings. The van der Waals surface area contributed by atoms with Crippen molar-refractivity contribution in [3.8, 4) is 0 Å². The third-order valence-electron chi connectivity index (χ3n) is 3.45. The van der Waals surface area contributed by atoms with Crippen molar-refractivity contribution in [2.24, 2.45) is 0 Å². The van der Waals surface area contributed by atoms with Gasteiger partial charge < -0.3 is 4.98 Å². The molecule has 6 heteroatoms. The van der Waals surface area contributed by atoms with Gasteiger partial charge in [-0.2, -0.15) is 0 Å². The predicted octanol–water partition coefficient (Wildman–Crippen LogP) is 2.55. The fourth-order valence-corrected chi connectivity index (χ4v) is 3.86. The first kappa shape index (κ1) is 13.3. The van der Waals surface area contributed by atoms with Crippen molar-refractivity contribution in [1.29, 1.82) is 0 Å². The maximum atomic E-state index is 4.29. The first-order valence-corrected chi connectivity index (χ1v) is 8.13. The molecule has 0 radical (unpaired) electrons. The Morgan fingerprint density at radius 1 is 1.21 bits per heavy atom. The Balaban J connectivity index is 1.48. The largest absolute Gasteiger partial charge is 0.348 e. The average molecular weight is 341 g/mol. The summed E-state index contributed by atoms with van der Waals surface area (Å²) in [5, 5.41) is 2.15. The standard InChI is InChI=1S/C13H17BrN4S/c14-11-1-8-19-12(11)9-17-4-6-18(7-5-17)10-13-15-2-3-16-13/h1-3,8H,4-7,9-10H2,(H,15,16). The van der Waals surface area contributed by atoms with E-state index in [1.165, 1.54) is 9.35 Å². The van der Waals surface area contributed by atoms with Crippen LogP contribution in [0, 0.1) is 0 Å². The molecule has 1 aliphatic heterocycles. The Hall–Kier alpha value is -0.690. The summed E-state index contributed by atoms with van der Waals surface area (Å²) in [6.45, 7) is 6.49. The molecule has 0 saturated carbocycles. The lowest BCUT2D eigenvalue weighted by atomic mass is 10.3. The zero-order valence-corrected chi connectivity index (χ0v) is 13.1. The Bertz CT molecular complexity index is 502. The minimum atomic E-state index is 0.934. The molecular formula is C13H17BrN4S. The molecule has 3 rings (SSSR count). The molecule has 0 atom stereocenters. The summed E-state index contributed by atoms with van der Waals surface area (Å²) >= 11 is 5.44. The summed E-state index contributed by atoms with van der Waals surface area (Å²) in [4.78, 5) is 13.9. The summed E-state index contributed by atoms with van der Waals surface area (Å²) < 4.78 is 1.25. The van der Waals surface area contributed by atoms with Crippen LogP contribution in [-0.4, -0.2) is 45.9 Å². The van der Waals surface area contributed by atoms with Gasteiger partial charge in [0.1, 0.15) is 5.82 Å². The molecule has 0 bridgehead atoms. The number of imidazole rings is 1. The van der Waals surface area contributed by atoms with Crippen molar-refractivity contribution in [2.75, 3.05) is 26.2 Å². The van der Waals surface area contributed by atoms with Crippen LogP contribution in [0.4, 0.5) is 0 Å². The van der Waals surface area contributed by atoms with E-state index in [0.29, 0.717) is 0 Å². The smallest absolute Gasteiger partial charge is 0.120 e. The summed E-state index contributed by atoms with van der Waals surface area (Å²) in [6.07, 6.45) is 3.71. The molecule has 0 amide bonds. The van der Waals surface area contributed by atoms with Crippen molar-refractivity contribution in [3.63, 3.8) is 0 Å². The molecule has 1 N–H and O–H groups in total. The normalized spacial score (nSPS) is 17.9. The lowest BCUT2D eigenvalue weighted by Crippen LogP contribution is -2.45. The topological polar surface area (TPSA) is 35.2 Å². The molecular weight excluding hydrogens is 324 g/mol. The number of halogens is 1. The average Bonchev–Trinajstić information content (AvgIpc) is 3.05. The molecule has 3 heterocycles. The number of aromatic nitrogens is 2. The highest BCUT2D eigenvalue weighted by atomic mass is 79.9. The number of hydrogen-bond donors (Lipinski definition) is 1. The quantitative estimate of drug-likeness (QED) is 0.928. The zero-order valence-electron chi connectivity index (χ0n) is 10.7. The SMILES string of the molecule is Brc1ccsc1CN1CCN(Cc2ncc[nH]2)CC1. The number of nitrogens with one attached hydrogen (secondary N) is 1. The molecule has 2 aromatic heterocycles. The van der Waals surface area contributed by atoms with E-state index in [0.717, 1.165) is 45.1 Å². The highest BCUT2D eigenvalue weighted by Gasteiger charge is 2.18. The van der Waals surface area contributed by atoms with Crippen molar-refractivity contribution in [2.45, 2.75) is 13.1 Å². The molecule has 4 nitrogen and oxygen atoms in total. The first-order chi connectivity index (χ1) is 9.31. The van der Waals surface area contributed by atoms with Crippen LogP contribution >= 0.6 is 27.3 Å². The second-order valence-electron chi connectivity index (χ2n) is 4.78. The fraction of sp³-hybridized carbons (Fsp3) is 0.462. The van der Waals surface area contributed by atoms with Gasteiger partial charge in [0.15, 0.2) is 0 Å². The van der Waals surface area contributed by atoms with Gasteiger partial charge >= 0.3 is 0 Å². The molecule has 0 unspecified atom stereocenters. The monoisotopic (exact) mass is 340 g/mol.